The van der Waals surface area contributed by atoms with Crippen molar-refractivity contribution in [1.82, 2.24) is 10.6 Å². The van der Waals surface area contributed by atoms with Crippen LogP contribution in [0.2, 0.25) is 0 Å². The number of hydrogen-bond acceptors (Lipinski definition) is 2. The fourth-order valence-corrected chi connectivity index (χ4v) is 3.25. The van der Waals surface area contributed by atoms with Crippen LogP contribution in [0.4, 0.5) is 0 Å². The Hall–Kier alpha value is -0.860. The van der Waals surface area contributed by atoms with E-state index in [9.17, 15) is 0 Å². The molecule has 2 N–H and O–H groups in total. The first-order valence-corrected chi connectivity index (χ1v) is 6.95. The number of hydrogen-bond donors (Lipinski definition) is 2. The van der Waals surface area contributed by atoms with Gasteiger partial charge >= 0.3 is 0 Å². The largest absolute Gasteiger partial charge is 0.317 e. The second kappa shape index (κ2) is 5.19. The van der Waals surface area contributed by atoms with Crippen molar-refractivity contribution in [3.05, 3.63) is 35.4 Å². The normalized spacial score (nSPS) is 25.5. The monoisotopic (exact) mass is 230 g/mol. The van der Waals surface area contributed by atoms with Crippen LogP contribution in [-0.4, -0.2) is 19.6 Å². The molecule has 2 heteroatoms. The summed E-state index contributed by atoms with van der Waals surface area (Å²) in [6.45, 7) is 3.56. The quantitative estimate of drug-likeness (QED) is 0.814. The van der Waals surface area contributed by atoms with E-state index in [4.69, 9.17) is 0 Å². The molecule has 0 aromatic heterocycles. The summed E-state index contributed by atoms with van der Waals surface area (Å²) < 4.78 is 0. The van der Waals surface area contributed by atoms with Gasteiger partial charge in [0.1, 0.15) is 0 Å². The Morgan fingerprint density at radius 3 is 2.76 bits per heavy atom. The molecule has 1 fully saturated rings. The van der Waals surface area contributed by atoms with Crippen molar-refractivity contribution >= 4 is 0 Å². The molecule has 2 nitrogen and oxygen atoms in total. The van der Waals surface area contributed by atoms with E-state index < -0.39 is 0 Å². The molecule has 0 aliphatic carbocycles. The first kappa shape index (κ1) is 11.2. The molecule has 1 aromatic carbocycles. The molecule has 2 aliphatic heterocycles. The molecule has 0 saturated carbocycles. The molecule has 17 heavy (non-hydrogen) atoms. The topological polar surface area (TPSA) is 24.1 Å². The highest BCUT2D eigenvalue weighted by Crippen LogP contribution is 2.30. The van der Waals surface area contributed by atoms with E-state index in [2.05, 4.69) is 34.9 Å². The Morgan fingerprint density at radius 1 is 1.06 bits per heavy atom. The maximum absolute atomic E-state index is 3.70. The predicted molar refractivity (Wildman–Crippen MR) is 71.1 cm³/mol. The molecule has 3 rings (SSSR count). The van der Waals surface area contributed by atoms with E-state index in [0.29, 0.717) is 6.04 Å². The van der Waals surface area contributed by atoms with Crippen molar-refractivity contribution in [2.75, 3.05) is 19.6 Å². The fraction of sp³-hybridized carbons (Fsp3) is 0.600. The summed E-state index contributed by atoms with van der Waals surface area (Å²) in [7, 11) is 0. The number of nitrogens with one attached hydrogen (secondary N) is 2. The average molecular weight is 230 g/mol. The first-order valence-electron chi connectivity index (χ1n) is 6.95. The fourth-order valence-electron chi connectivity index (χ4n) is 3.25. The van der Waals surface area contributed by atoms with Crippen molar-refractivity contribution < 1.29 is 0 Å². The highest BCUT2D eigenvalue weighted by Gasteiger charge is 2.23. The SMILES string of the molecule is c1ccc2c(c1)CCN[C@H]2CC1CCNCC1. The van der Waals surface area contributed by atoms with E-state index in [0.717, 1.165) is 12.5 Å². The van der Waals surface area contributed by atoms with E-state index in [1.807, 2.05) is 0 Å². The Kier molecular flexibility index (Phi) is 3.44. The van der Waals surface area contributed by atoms with Gasteiger partial charge in [-0.25, -0.2) is 0 Å². The lowest BCUT2D eigenvalue weighted by atomic mass is 9.85. The zero-order chi connectivity index (χ0) is 11.5. The molecule has 1 atom stereocenters. The van der Waals surface area contributed by atoms with E-state index in [1.54, 1.807) is 11.1 Å². The van der Waals surface area contributed by atoms with Crippen LogP contribution in [0.1, 0.15) is 36.4 Å². The minimum absolute atomic E-state index is 0.600. The van der Waals surface area contributed by atoms with Crippen molar-refractivity contribution in [1.29, 1.82) is 0 Å². The summed E-state index contributed by atoms with van der Waals surface area (Å²) in [4.78, 5) is 0. The molecule has 2 aliphatic rings. The lowest BCUT2D eigenvalue weighted by Gasteiger charge is -2.31. The third-order valence-corrected chi connectivity index (χ3v) is 4.24. The van der Waals surface area contributed by atoms with Crippen LogP contribution in [0.25, 0.3) is 0 Å². The van der Waals surface area contributed by atoms with Crippen molar-refractivity contribution in [3.8, 4) is 0 Å². The predicted octanol–water partition coefficient (Wildman–Crippen LogP) is 2.26. The van der Waals surface area contributed by atoms with Gasteiger partial charge in [0.2, 0.25) is 0 Å². The smallest absolute Gasteiger partial charge is 0.0325 e. The number of fused-ring (bicyclic) bond motifs is 1. The molecule has 1 aromatic rings. The minimum Gasteiger partial charge on any atom is -0.317 e. The summed E-state index contributed by atoms with van der Waals surface area (Å²) in [5.41, 5.74) is 3.11. The van der Waals surface area contributed by atoms with Crippen LogP contribution >= 0.6 is 0 Å². The standard InChI is InChI=1S/C15H22N2/c1-2-4-14-13(3-1)7-10-17-15(14)11-12-5-8-16-9-6-12/h1-4,12,15-17H,5-11H2/t15-/m0/s1. The number of rotatable bonds is 2. The van der Waals surface area contributed by atoms with Gasteiger partial charge in [-0.3, -0.25) is 0 Å². The van der Waals surface area contributed by atoms with Gasteiger partial charge < -0.3 is 10.6 Å². The highest BCUT2D eigenvalue weighted by molar-refractivity contribution is 5.32. The van der Waals surface area contributed by atoms with E-state index >= 15 is 0 Å². The zero-order valence-corrected chi connectivity index (χ0v) is 10.4. The van der Waals surface area contributed by atoms with Gasteiger partial charge in [0, 0.05) is 6.04 Å². The highest BCUT2D eigenvalue weighted by atomic mass is 14.9. The van der Waals surface area contributed by atoms with Crippen LogP contribution in [-0.2, 0) is 6.42 Å². The van der Waals surface area contributed by atoms with Crippen LogP contribution in [0.5, 0.6) is 0 Å². The summed E-state index contributed by atoms with van der Waals surface area (Å²) >= 11 is 0. The molecule has 0 radical (unpaired) electrons. The van der Waals surface area contributed by atoms with Crippen molar-refractivity contribution in [3.63, 3.8) is 0 Å². The molecule has 2 heterocycles. The second-order valence-electron chi connectivity index (χ2n) is 5.38. The van der Waals surface area contributed by atoms with E-state index in [-0.39, 0.29) is 0 Å². The molecule has 0 unspecified atom stereocenters. The molecular formula is C15H22N2. The molecule has 0 amide bonds. The third-order valence-electron chi connectivity index (χ3n) is 4.24. The third kappa shape index (κ3) is 2.53. The molecule has 0 spiro atoms. The first-order chi connectivity index (χ1) is 8.43. The summed E-state index contributed by atoms with van der Waals surface area (Å²) in [5, 5.41) is 7.15. The Morgan fingerprint density at radius 2 is 1.88 bits per heavy atom. The van der Waals surface area contributed by atoms with Crippen molar-refractivity contribution in [2.24, 2.45) is 5.92 Å². The van der Waals surface area contributed by atoms with Gasteiger partial charge in [-0.05, 0) is 62.4 Å². The molecular weight excluding hydrogens is 208 g/mol. The summed E-state index contributed by atoms with van der Waals surface area (Å²) in [6, 6.07) is 9.56. The second-order valence-corrected chi connectivity index (χ2v) is 5.38. The van der Waals surface area contributed by atoms with Crippen LogP contribution in [0, 0.1) is 5.92 Å². The van der Waals surface area contributed by atoms with Gasteiger partial charge in [-0.2, -0.15) is 0 Å². The van der Waals surface area contributed by atoms with Crippen LogP contribution in [0.15, 0.2) is 24.3 Å². The van der Waals surface area contributed by atoms with Gasteiger partial charge in [0.25, 0.3) is 0 Å². The van der Waals surface area contributed by atoms with Crippen molar-refractivity contribution in [2.45, 2.75) is 31.7 Å². The average Bonchev–Trinajstić information content (AvgIpc) is 2.40. The Labute approximate surface area is 104 Å². The lowest BCUT2D eigenvalue weighted by molar-refractivity contribution is 0.306. The minimum atomic E-state index is 0.600. The Balaban J connectivity index is 1.71. The Bertz CT molecular complexity index is 369. The molecule has 92 valence electrons. The van der Waals surface area contributed by atoms with Crippen LogP contribution < -0.4 is 10.6 Å². The maximum Gasteiger partial charge on any atom is 0.0325 e. The molecule has 1 saturated heterocycles. The van der Waals surface area contributed by atoms with Gasteiger partial charge in [0.05, 0.1) is 0 Å². The summed E-state index contributed by atoms with van der Waals surface area (Å²) in [6.07, 6.45) is 5.21. The number of benzene rings is 1. The van der Waals surface area contributed by atoms with Gasteiger partial charge in [0.15, 0.2) is 0 Å². The van der Waals surface area contributed by atoms with Gasteiger partial charge in [-0.1, -0.05) is 24.3 Å². The number of piperidine rings is 1. The van der Waals surface area contributed by atoms with E-state index in [1.165, 1.54) is 38.8 Å². The molecule has 0 bridgehead atoms. The lowest BCUT2D eigenvalue weighted by Crippen LogP contribution is -2.34. The summed E-state index contributed by atoms with van der Waals surface area (Å²) in [5.74, 6) is 0.903. The maximum atomic E-state index is 3.70. The van der Waals surface area contributed by atoms with Gasteiger partial charge in [-0.15, -0.1) is 0 Å². The zero-order valence-electron chi connectivity index (χ0n) is 10.4. The van der Waals surface area contributed by atoms with Crippen LogP contribution in [0.3, 0.4) is 0 Å².